The summed E-state index contributed by atoms with van der Waals surface area (Å²) in [5.74, 6) is 0.976. The van der Waals surface area contributed by atoms with Crippen LogP contribution in [0.15, 0.2) is 18.2 Å². The van der Waals surface area contributed by atoms with E-state index in [9.17, 15) is 0 Å². The molecule has 0 bridgehead atoms. The van der Waals surface area contributed by atoms with Crippen molar-refractivity contribution in [3.8, 4) is 5.75 Å². The fourth-order valence-corrected chi connectivity index (χ4v) is 2.51. The van der Waals surface area contributed by atoms with Gasteiger partial charge in [-0.15, -0.1) is 0 Å². The topological polar surface area (TPSA) is 12.5 Å². The van der Waals surface area contributed by atoms with Gasteiger partial charge in [0.25, 0.3) is 0 Å². The van der Waals surface area contributed by atoms with Crippen molar-refractivity contribution in [3.05, 3.63) is 29.3 Å². The molecule has 1 aliphatic heterocycles. The quantitative estimate of drug-likeness (QED) is 0.792. The second kappa shape index (κ2) is 6.06. The smallest absolute Gasteiger partial charge is 0.119 e. The largest absolute Gasteiger partial charge is 0.497 e. The first-order chi connectivity index (χ1) is 8.29. The number of piperidine rings is 1. The van der Waals surface area contributed by atoms with Gasteiger partial charge in [-0.05, 0) is 62.5 Å². The van der Waals surface area contributed by atoms with Crippen molar-refractivity contribution in [2.45, 2.75) is 32.6 Å². The maximum Gasteiger partial charge on any atom is 0.119 e. The van der Waals surface area contributed by atoms with Gasteiger partial charge in [-0.3, -0.25) is 0 Å². The molecule has 1 fully saturated rings. The third kappa shape index (κ3) is 3.47. The number of nitrogens with zero attached hydrogens (tertiary/aromatic N) is 1. The maximum atomic E-state index is 5.29. The third-order valence-electron chi connectivity index (χ3n) is 3.70. The van der Waals surface area contributed by atoms with Crippen LogP contribution in [0, 0.1) is 6.92 Å². The zero-order valence-corrected chi connectivity index (χ0v) is 11.0. The lowest BCUT2D eigenvalue weighted by Gasteiger charge is -2.26. The SMILES string of the molecule is COc1ccc(C)c(CCN2CCCCC2)c1. The van der Waals surface area contributed by atoms with Crippen LogP contribution >= 0.6 is 0 Å². The van der Waals surface area contributed by atoms with E-state index >= 15 is 0 Å². The van der Waals surface area contributed by atoms with Crippen LogP contribution in [0.25, 0.3) is 0 Å². The number of aryl methyl sites for hydroxylation is 1. The van der Waals surface area contributed by atoms with Crippen LogP contribution < -0.4 is 4.74 Å². The third-order valence-corrected chi connectivity index (χ3v) is 3.70. The van der Waals surface area contributed by atoms with E-state index in [2.05, 4.69) is 24.0 Å². The van der Waals surface area contributed by atoms with Crippen LogP contribution in [-0.4, -0.2) is 31.6 Å². The Morgan fingerprint density at radius 3 is 2.65 bits per heavy atom. The molecular formula is C15H23NO. The summed E-state index contributed by atoms with van der Waals surface area (Å²) in [4.78, 5) is 2.59. The molecule has 0 amide bonds. The van der Waals surface area contributed by atoms with E-state index in [0.717, 1.165) is 12.2 Å². The zero-order valence-electron chi connectivity index (χ0n) is 11.0. The van der Waals surface area contributed by atoms with E-state index in [-0.39, 0.29) is 0 Å². The highest BCUT2D eigenvalue weighted by Crippen LogP contribution is 2.18. The molecule has 2 nitrogen and oxygen atoms in total. The number of methoxy groups -OCH3 is 1. The first kappa shape index (κ1) is 12.4. The van der Waals surface area contributed by atoms with Crippen LogP contribution in [0.4, 0.5) is 0 Å². The van der Waals surface area contributed by atoms with Crippen molar-refractivity contribution in [1.29, 1.82) is 0 Å². The molecule has 94 valence electrons. The molecule has 2 rings (SSSR count). The van der Waals surface area contributed by atoms with E-state index in [1.54, 1.807) is 7.11 Å². The van der Waals surface area contributed by atoms with E-state index in [0.29, 0.717) is 0 Å². The van der Waals surface area contributed by atoms with Crippen LogP contribution in [0.3, 0.4) is 0 Å². The Bertz CT molecular complexity index is 356. The Kier molecular flexibility index (Phi) is 4.43. The zero-order chi connectivity index (χ0) is 12.1. The van der Waals surface area contributed by atoms with Crippen molar-refractivity contribution < 1.29 is 4.74 Å². The number of ether oxygens (including phenoxy) is 1. The average Bonchev–Trinajstić information content (AvgIpc) is 2.39. The summed E-state index contributed by atoms with van der Waals surface area (Å²) in [7, 11) is 1.74. The van der Waals surface area contributed by atoms with Crippen molar-refractivity contribution in [2.24, 2.45) is 0 Å². The Morgan fingerprint density at radius 1 is 1.18 bits per heavy atom. The first-order valence-electron chi connectivity index (χ1n) is 6.65. The number of benzene rings is 1. The maximum absolute atomic E-state index is 5.29. The van der Waals surface area contributed by atoms with Crippen LogP contribution in [0.5, 0.6) is 5.75 Å². The summed E-state index contributed by atoms with van der Waals surface area (Å²) in [6.45, 7) is 5.94. The fourth-order valence-electron chi connectivity index (χ4n) is 2.51. The molecular weight excluding hydrogens is 210 g/mol. The highest BCUT2D eigenvalue weighted by Gasteiger charge is 2.10. The number of rotatable bonds is 4. The summed E-state index contributed by atoms with van der Waals surface area (Å²) in [6, 6.07) is 6.38. The minimum Gasteiger partial charge on any atom is -0.497 e. The predicted octanol–water partition coefficient (Wildman–Crippen LogP) is 3.03. The molecule has 1 aromatic carbocycles. The van der Waals surface area contributed by atoms with Crippen molar-refractivity contribution in [3.63, 3.8) is 0 Å². The number of hydrogen-bond acceptors (Lipinski definition) is 2. The van der Waals surface area contributed by atoms with Crippen molar-refractivity contribution >= 4 is 0 Å². The molecule has 0 aromatic heterocycles. The molecule has 0 radical (unpaired) electrons. The van der Waals surface area contributed by atoms with Crippen molar-refractivity contribution in [2.75, 3.05) is 26.7 Å². The highest BCUT2D eigenvalue weighted by molar-refractivity contribution is 5.35. The van der Waals surface area contributed by atoms with Gasteiger partial charge in [0.2, 0.25) is 0 Å². The van der Waals surface area contributed by atoms with E-state index < -0.39 is 0 Å². The van der Waals surface area contributed by atoms with E-state index in [1.165, 1.54) is 50.0 Å². The standard InChI is InChI=1S/C15H23NO/c1-13-6-7-15(17-2)12-14(13)8-11-16-9-4-3-5-10-16/h6-7,12H,3-5,8-11H2,1-2H3. The molecule has 1 aliphatic rings. The molecule has 17 heavy (non-hydrogen) atoms. The van der Waals surface area contributed by atoms with Gasteiger partial charge in [-0.1, -0.05) is 12.5 Å². The van der Waals surface area contributed by atoms with Crippen LogP contribution in [-0.2, 0) is 6.42 Å². The normalized spacial score (nSPS) is 17.1. The van der Waals surface area contributed by atoms with Gasteiger partial charge in [0.05, 0.1) is 7.11 Å². The first-order valence-corrected chi connectivity index (χ1v) is 6.65. The molecule has 2 heteroatoms. The summed E-state index contributed by atoms with van der Waals surface area (Å²) >= 11 is 0. The molecule has 0 unspecified atom stereocenters. The van der Waals surface area contributed by atoms with Gasteiger partial charge in [0.1, 0.15) is 5.75 Å². The molecule has 0 saturated carbocycles. The van der Waals surface area contributed by atoms with E-state index in [4.69, 9.17) is 4.74 Å². The van der Waals surface area contributed by atoms with Gasteiger partial charge in [-0.2, -0.15) is 0 Å². The number of likely N-dealkylation sites (tertiary alicyclic amines) is 1. The average molecular weight is 233 g/mol. The molecule has 1 heterocycles. The summed E-state index contributed by atoms with van der Waals surface area (Å²) in [5, 5.41) is 0. The summed E-state index contributed by atoms with van der Waals surface area (Å²) in [5.41, 5.74) is 2.80. The lowest BCUT2D eigenvalue weighted by atomic mass is 10.0. The van der Waals surface area contributed by atoms with Gasteiger partial charge < -0.3 is 9.64 Å². The Balaban J connectivity index is 1.92. The Hall–Kier alpha value is -1.02. The van der Waals surface area contributed by atoms with E-state index in [1.807, 2.05) is 6.07 Å². The summed E-state index contributed by atoms with van der Waals surface area (Å²) in [6.07, 6.45) is 5.30. The Labute approximate surface area is 105 Å². The molecule has 0 N–H and O–H groups in total. The van der Waals surface area contributed by atoms with Gasteiger partial charge in [0.15, 0.2) is 0 Å². The predicted molar refractivity (Wildman–Crippen MR) is 71.7 cm³/mol. The molecule has 1 aromatic rings. The molecule has 0 aliphatic carbocycles. The second-order valence-corrected chi connectivity index (χ2v) is 4.94. The monoisotopic (exact) mass is 233 g/mol. The number of hydrogen-bond donors (Lipinski definition) is 0. The Morgan fingerprint density at radius 2 is 1.94 bits per heavy atom. The fraction of sp³-hybridized carbons (Fsp3) is 0.600. The minimum atomic E-state index is 0.976. The van der Waals surface area contributed by atoms with Crippen LogP contribution in [0.1, 0.15) is 30.4 Å². The van der Waals surface area contributed by atoms with Gasteiger partial charge in [0, 0.05) is 6.54 Å². The van der Waals surface area contributed by atoms with Gasteiger partial charge in [-0.25, -0.2) is 0 Å². The highest BCUT2D eigenvalue weighted by atomic mass is 16.5. The molecule has 0 atom stereocenters. The lowest BCUT2D eigenvalue weighted by Crippen LogP contribution is -2.31. The van der Waals surface area contributed by atoms with Crippen LogP contribution in [0.2, 0.25) is 0 Å². The van der Waals surface area contributed by atoms with Gasteiger partial charge >= 0.3 is 0 Å². The molecule has 1 saturated heterocycles. The minimum absolute atomic E-state index is 0.976. The molecule has 0 spiro atoms. The lowest BCUT2D eigenvalue weighted by molar-refractivity contribution is 0.231. The van der Waals surface area contributed by atoms with Crippen molar-refractivity contribution in [1.82, 2.24) is 4.90 Å². The second-order valence-electron chi connectivity index (χ2n) is 4.94. The summed E-state index contributed by atoms with van der Waals surface area (Å²) < 4.78 is 5.29.